The molecule has 0 atom stereocenters. The highest BCUT2D eigenvalue weighted by molar-refractivity contribution is 6.31. The fourth-order valence-corrected chi connectivity index (χ4v) is 4.48. The summed E-state index contributed by atoms with van der Waals surface area (Å²) in [5.74, 6) is 0.827. The average molecular weight is 565 g/mol. The smallest absolute Gasteiger partial charge is 0.254 e. The average Bonchev–Trinajstić information content (AvgIpc) is 3.71. The number of rotatable bonds is 9. The molecule has 39 heavy (non-hydrogen) atoms. The number of hydrogen-bond donors (Lipinski definition) is 1. The minimum absolute atomic E-state index is 0.0224. The summed E-state index contributed by atoms with van der Waals surface area (Å²) in [4.78, 5) is 32.8. The van der Waals surface area contributed by atoms with Crippen LogP contribution in [-0.4, -0.2) is 53.1 Å². The van der Waals surface area contributed by atoms with Crippen LogP contribution in [0.2, 0.25) is 10.0 Å². The highest BCUT2D eigenvalue weighted by Crippen LogP contribution is 2.32. The summed E-state index contributed by atoms with van der Waals surface area (Å²) in [5, 5.41) is 4.06. The van der Waals surface area contributed by atoms with Crippen molar-refractivity contribution in [3.05, 3.63) is 88.5 Å². The Morgan fingerprint density at radius 3 is 2.21 bits per heavy atom. The van der Waals surface area contributed by atoms with Gasteiger partial charge >= 0.3 is 0 Å². The van der Waals surface area contributed by atoms with E-state index in [0.717, 1.165) is 18.4 Å². The van der Waals surface area contributed by atoms with Gasteiger partial charge in [-0.1, -0.05) is 35.3 Å². The Hall–Kier alpha value is -4.01. The van der Waals surface area contributed by atoms with E-state index >= 15 is 0 Å². The molecule has 0 bridgehead atoms. The Morgan fingerprint density at radius 1 is 0.949 bits per heavy atom. The Labute approximate surface area is 236 Å². The van der Waals surface area contributed by atoms with Gasteiger partial charge in [0.05, 0.1) is 25.6 Å². The van der Waals surface area contributed by atoms with E-state index in [1.165, 1.54) is 0 Å². The number of aromatic nitrogens is 2. The summed E-state index contributed by atoms with van der Waals surface area (Å²) >= 11 is 12.1. The molecule has 4 aromatic rings. The quantitative estimate of drug-likeness (QED) is 0.265. The number of methoxy groups -OCH3 is 2. The highest BCUT2D eigenvalue weighted by Gasteiger charge is 2.34. The van der Waals surface area contributed by atoms with Crippen molar-refractivity contribution in [1.29, 1.82) is 0 Å². The van der Waals surface area contributed by atoms with Gasteiger partial charge in [0, 0.05) is 39.5 Å². The van der Waals surface area contributed by atoms with Gasteiger partial charge in [0.1, 0.15) is 6.54 Å². The number of nitrogens with one attached hydrogen (secondary N) is 1. The first kappa shape index (κ1) is 26.6. The molecule has 1 aliphatic rings. The van der Waals surface area contributed by atoms with Crippen LogP contribution in [-0.2, 0) is 4.79 Å². The van der Waals surface area contributed by atoms with E-state index in [1.54, 1.807) is 72.2 Å². The van der Waals surface area contributed by atoms with Crippen molar-refractivity contribution in [2.24, 2.45) is 0 Å². The molecule has 1 aliphatic carbocycles. The number of carbonyl (C=O) groups excluding carboxylic acids is 2. The molecule has 0 saturated heterocycles. The standard InChI is InChI=1S/C29H26Cl2N4O4/c1-38-25-14-13-23(15-26(25)39-2)35-16-24(18-3-7-20(30)8-4-18)32-29(35)33-27(36)17-34(22-11-12-22)28(37)19-5-9-21(31)10-6-19/h3-10,13-16,22H,11-12,17H2,1-2H3,(H,32,33,36). The molecular formula is C29H26Cl2N4O4. The van der Waals surface area contributed by atoms with Gasteiger partial charge in [-0.05, 0) is 61.4 Å². The van der Waals surface area contributed by atoms with Gasteiger partial charge in [-0.3, -0.25) is 19.5 Å². The number of ether oxygens (including phenoxy) is 2. The monoisotopic (exact) mass is 564 g/mol. The van der Waals surface area contributed by atoms with Crippen molar-refractivity contribution in [2.45, 2.75) is 18.9 Å². The van der Waals surface area contributed by atoms with E-state index < -0.39 is 0 Å². The highest BCUT2D eigenvalue weighted by atomic mass is 35.5. The van der Waals surface area contributed by atoms with Gasteiger partial charge in [0.25, 0.3) is 5.91 Å². The van der Waals surface area contributed by atoms with Gasteiger partial charge in [0.2, 0.25) is 11.9 Å². The third-order valence-electron chi connectivity index (χ3n) is 6.40. The number of benzene rings is 3. The fraction of sp³-hybridized carbons (Fsp3) is 0.207. The lowest BCUT2D eigenvalue weighted by Crippen LogP contribution is -2.39. The van der Waals surface area contributed by atoms with Crippen LogP contribution in [0.25, 0.3) is 16.9 Å². The van der Waals surface area contributed by atoms with Crippen LogP contribution in [0.4, 0.5) is 5.95 Å². The van der Waals surface area contributed by atoms with Gasteiger partial charge < -0.3 is 14.4 Å². The second-order valence-corrected chi connectivity index (χ2v) is 9.96. The van der Waals surface area contributed by atoms with E-state index in [0.29, 0.717) is 44.4 Å². The first-order valence-electron chi connectivity index (χ1n) is 12.3. The molecule has 1 aromatic heterocycles. The molecule has 0 aliphatic heterocycles. The number of halogens is 2. The van der Waals surface area contributed by atoms with Crippen LogP contribution in [0, 0.1) is 0 Å². The molecule has 200 valence electrons. The molecule has 0 radical (unpaired) electrons. The summed E-state index contributed by atoms with van der Waals surface area (Å²) in [6, 6.07) is 19.4. The first-order valence-corrected chi connectivity index (χ1v) is 13.1. The number of imidazole rings is 1. The second-order valence-electron chi connectivity index (χ2n) is 9.09. The van der Waals surface area contributed by atoms with Gasteiger partial charge in [-0.25, -0.2) is 4.98 Å². The molecule has 1 N–H and O–H groups in total. The molecule has 5 rings (SSSR count). The molecule has 1 fully saturated rings. The van der Waals surface area contributed by atoms with Gasteiger partial charge in [0.15, 0.2) is 11.5 Å². The summed E-state index contributed by atoms with van der Waals surface area (Å²) in [6.45, 7) is -0.110. The van der Waals surface area contributed by atoms with Gasteiger partial charge in [-0.15, -0.1) is 0 Å². The zero-order chi connectivity index (χ0) is 27.5. The lowest BCUT2D eigenvalue weighted by molar-refractivity contribution is -0.117. The number of nitrogens with zero attached hydrogens (tertiary/aromatic N) is 3. The van der Waals surface area contributed by atoms with Crippen molar-refractivity contribution < 1.29 is 19.1 Å². The fourth-order valence-electron chi connectivity index (χ4n) is 4.23. The molecule has 10 heteroatoms. The van der Waals surface area contributed by atoms with Crippen molar-refractivity contribution >= 4 is 41.0 Å². The van der Waals surface area contributed by atoms with Crippen LogP contribution < -0.4 is 14.8 Å². The van der Waals surface area contributed by atoms with Crippen molar-refractivity contribution in [1.82, 2.24) is 14.5 Å². The topological polar surface area (TPSA) is 85.7 Å². The summed E-state index contributed by atoms with van der Waals surface area (Å²) < 4.78 is 12.6. The van der Waals surface area contributed by atoms with Crippen molar-refractivity contribution in [3.63, 3.8) is 0 Å². The van der Waals surface area contributed by atoms with Crippen LogP contribution in [0.1, 0.15) is 23.2 Å². The number of carbonyl (C=O) groups is 2. The van der Waals surface area contributed by atoms with Crippen LogP contribution >= 0.6 is 23.2 Å². The van der Waals surface area contributed by atoms with Crippen molar-refractivity contribution in [2.75, 3.05) is 26.1 Å². The summed E-state index contributed by atoms with van der Waals surface area (Å²) in [6.07, 6.45) is 3.53. The third kappa shape index (κ3) is 6.02. The molecule has 0 unspecified atom stereocenters. The lowest BCUT2D eigenvalue weighted by Gasteiger charge is -2.22. The SMILES string of the molecule is COc1ccc(-n2cc(-c3ccc(Cl)cc3)nc2NC(=O)CN(C(=O)c2ccc(Cl)cc2)C2CC2)cc1OC. The zero-order valence-corrected chi connectivity index (χ0v) is 22.9. The van der Waals surface area contributed by atoms with E-state index in [9.17, 15) is 9.59 Å². The minimum Gasteiger partial charge on any atom is -0.493 e. The zero-order valence-electron chi connectivity index (χ0n) is 21.4. The predicted molar refractivity (Wildman–Crippen MR) is 151 cm³/mol. The van der Waals surface area contributed by atoms with E-state index in [4.69, 9.17) is 37.7 Å². The molecule has 2 amide bonds. The number of hydrogen-bond acceptors (Lipinski definition) is 5. The molecule has 8 nitrogen and oxygen atoms in total. The van der Waals surface area contributed by atoms with E-state index in [2.05, 4.69) is 5.32 Å². The maximum atomic E-state index is 13.3. The van der Waals surface area contributed by atoms with Crippen LogP contribution in [0.15, 0.2) is 72.9 Å². The lowest BCUT2D eigenvalue weighted by atomic mass is 10.2. The molecule has 3 aromatic carbocycles. The maximum absolute atomic E-state index is 13.3. The largest absolute Gasteiger partial charge is 0.493 e. The van der Waals surface area contributed by atoms with Crippen molar-refractivity contribution in [3.8, 4) is 28.4 Å². The maximum Gasteiger partial charge on any atom is 0.254 e. The Morgan fingerprint density at radius 2 is 1.59 bits per heavy atom. The molecule has 1 saturated carbocycles. The number of anilines is 1. The summed E-state index contributed by atoms with van der Waals surface area (Å²) in [7, 11) is 3.12. The normalized spacial score (nSPS) is 12.6. The third-order valence-corrected chi connectivity index (χ3v) is 6.90. The van der Waals surface area contributed by atoms with E-state index in [-0.39, 0.29) is 24.4 Å². The molecule has 0 spiro atoms. The second kappa shape index (κ2) is 11.4. The number of amides is 2. The van der Waals surface area contributed by atoms with Crippen LogP contribution in [0.5, 0.6) is 11.5 Å². The Bertz CT molecular complexity index is 1500. The minimum atomic E-state index is -0.362. The molecular weight excluding hydrogens is 539 g/mol. The predicted octanol–water partition coefficient (Wildman–Crippen LogP) is 6.11. The Kier molecular flexibility index (Phi) is 7.77. The van der Waals surface area contributed by atoms with E-state index in [1.807, 2.05) is 24.4 Å². The van der Waals surface area contributed by atoms with Gasteiger partial charge in [-0.2, -0.15) is 0 Å². The molecule has 1 heterocycles. The van der Waals surface area contributed by atoms with Crippen LogP contribution in [0.3, 0.4) is 0 Å². The Balaban J connectivity index is 1.44. The first-order chi connectivity index (χ1) is 18.9. The summed E-state index contributed by atoms with van der Waals surface area (Å²) in [5.41, 5.74) is 2.64.